The highest BCUT2D eigenvalue weighted by molar-refractivity contribution is 7.89. The van der Waals surface area contributed by atoms with Crippen molar-refractivity contribution < 1.29 is 17.2 Å². The molecule has 4 nitrogen and oxygen atoms in total. The number of sulfonamides is 1. The van der Waals surface area contributed by atoms with Gasteiger partial charge in [-0.1, -0.05) is 19.1 Å². The van der Waals surface area contributed by atoms with E-state index >= 15 is 0 Å². The monoisotopic (exact) mass is 306 g/mol. The first-order valence-electron chi connectivity index (χ1n) is 6.33. The van der Waals surface area contributed by atoms with E-state index in [9.17, 15) is 17.2 Å². The van der Waals surface area contributed by atoms with Gasteiger partial charge in [-0.3, -0.25) is 0 Å². The molecule has 0 saturated heterocycles. The van der Waals surface area contributed by atoms with Crippen molar-refractivity contribution in [1.82, 2.24) is 9.62 Å². The molecule has 0 aliphatic rings. The van der Waals surface area contributed by atoms with Crippen LogP contribution in [0.4, 0.5) is 8.78 Å². The van der Waals surface area contributed by atoms with Crippen molar-refractivity contribution in [2.75, 3.05) is 20.6 Å². The molecule has 0 saturated carbocycles. The average Bonchev–Trinajstić information content (AvgIpc) is 2.38. The lowest BCUT2D eigenvalue weighted by Crippen LogP contribution is -2.32. The molecule has 114 valence electrons. The summed E-state index contributed by atoms with van der Waals surface area (Å²) < 4.78 is 50.3. The predicted octanol–water partition coefficient (Wildman–Crippen LogP) is 1.85. The Balaban J connectivity index is 3.24. The van der Waals surface area contributed by atoms with Crippen LogP contribution in [0.15, 0.2) is 23.1 Å². The summed E-state index contributed by atoms with van der Waals surface area (Å²) in [6.45, 7) is 1.55. The maximum atomic E-state index is 12.4. The average molecular weight is 306 g/mol. The van der Waals surface area contributed by atoms with E-state index in [2.05, 4.69) is 5.32 Å². The highest BCUT2D eigenvalue weighted by Gasteiger charge is 2.26. The van der Waals surface area contributed by atoms with Crippen LogP contribution in [0.3, 0.4) is 0 Å². The molecular formula is C13H20F2N2O2S. The third-order valence-corrected chi connectivity index (χ3v) is 4.88. The van der Waals surface area contributed by atoms with Crippen molar-refractivity contribution in [1.29, 1.82) is 0 Å². The second kappa shape index (κ2) is 7.10. The standard InChI is InChI=1S/C13H20F2N2O2S/c1-4-11-6-5-10(8-16-2)7-12(11)20(18,19)17(3)9-13(14)15/h5-7,13,16H,4,8-9H2,1-3H3. The number of hydrogen-bond acceptors (Lipinski definition) is 3. The minimum Gasteiger partial charge on any atom is -0.316 e. The molecule has 0 unspecified atom stereocenters. The summed E-state index contributed by atoms with van der Waals surface area (Å²) in [5.74, 6) is 0. The lowest BCUT2D eigenvalue weighted by atomic mass is 10.1. The summed E-state index contributed by atoms with van der Waals surface area (Å²) >= 11 is 0. The van der Waals surface area contributed by atoms with E-state index in [4.69, 9.17) is 0 Å². The molecule has 0 spiro atoms. The van der Waals surface area contributed by atoms with Crippen molar-refractivity contribution >= 4 is 10.0 Å². The Morgan fingerprint density at radius 3 is 2.50 bits per heavy atom. The number of aryl methyl sites for hydroxylation is 1. The minimum atomic E-state index is -3.89. The summed E-state index contributed by atoms with van der Waals surface area (Å²) in [5, 5.41) is 2.93. The zero-order valence-corrected chi connectivity index (χ0v) is 12.7. The zero-order valence-electron chi connectivity index (χ0n) is 11.9. The number of hydrogen-bond donors (Lipinski definition) is 1. The van der Waals surface area contributed by atoms with Crippen LogP contribution >= 0.6 is 0 Å². The molecule has 20 heavy (non-hydrogen) atoms. The van der Waals surface area contributed by atoms with Crippen LogP contribution < -0.4 is 5.32 Å². The SMILES string of the molecule is CCc1ccc(CNC)cc1S(=O)(=O)N(C)CC(F)F. The summed E-state index contributed by atoms with van der Waals surface area (Å²) in [7, 11) is -0.965. The Kier molecular flexibility index (Phi) is 6.04. The normalized spacial score (nSPS) is 12.3. The lowest BCUT2D eigenvalue weighted by molar-refractivity contribution is 0.126. The number of benzene rings is 1. The van der Waals surface area contributed by atoms with Gasteiger partial charge >= 0.3 is 0 Å². The van der Waals surface area contributed by atoms with Gasteiger partial charge in [0.15, 0.2) is 0 Å². The number of halogens is 2. The van der Waals surface area contributed by atoms with Crippen LogP contribution in [0, 0.1) is 0 Å². The van der Waals surface area contributed by atoms with Gasteiger partial charge in [-0.15, -0.1) is 0 Å². The van der Waals surface area contributed by atoms with Gasteiger partial charge in [-0.2, -0.15) is 4.31 Å². The molecule has 1 aromatic rings. The van der Waals surface area contributed by atoms with E-state index in [-0.39, 0.29) is 4.90 Å². The quantitative estimate of drug-likeness (QED) is 0.836. The predicted molar refractivity (Wildman–Crippen MR) is 74.4 cm³/mol. The number of alkyl halides is 2. The molecule has 0 aromatic heterocycles. The summed E-state index contributed by atoms with van der Waals surface area (Å²) in [4.78, 5) is 0.107. The molecule has 1 aromatic carbocycles. The van der Waals surface area contributed by atoms with E-state index in [0.717, 1.165) is 5.56 Å². The van der Waals surface area contributed by atoms with Crippen molar-refractivity contribution in [3.05, 3.63) is 29.3 Å². The summed E-state index contributed by atoms with van der Waals surface area (Å²) in [6, 6.07) is 5.11. The largest absolute Gasteiger partial charge is 0.316 e. The number of rotatable bonds is 7. The van der Waals surface area contributed by atoms with E-state index in [0.29, 0.717) is 22.8 Å². The molecule has 0 aliphatic heterocycles. The van der Waals surface area contributed by atoms with Gasteiger partial charge in [0.25, 0.3) is 6.43 Å². The molecule has 0 atom stereocenters. The fourth-order valence-corrected chi connectivity index (χ4v) is 3.39. The molecule has 0 amide bonds. The van der Waals surface area contributed by atoms with Gasteiger partial charge < -0.3 is 5.32 Å². The van der Waals surface area contributed by atoms with Crippen molar-refractivity contribution in [3.8, 4) is 0 Å². The minimum absolute atomic E-state index is 0.107. The van der Waals surface area contributed by atoms with Crippen LogP contribution in [-0.4, -0.2) is 39.8 Å². The van der Waals surface area contributed by atoms with Crippen molar-refractivity contribution in [2.24, 2.45) is 0 Å². The van der Waals surface area contributed by atoms with Crippen LogP contribution in [-0.2, 0) is 23.0 Å². The number of nitrogens with zero attached hydrogens (tertiary/aromatic N) is 1. The van der Waals surface area contributed by atoms with E-state index in [1.54, 1.807) is 19.2 Å². The zero-order chi connectivity index (χ0) is 15.3. The van der Waals surface area contributed by atoms with Gasteiger partial charge in [0.2, 0.25) is 10.0 Å². The Labute approximate surface area is 118 Å². The molecule has 1 rings (SSSR count). The van der Waals surface area contributed by atoms with Crippen LogP contribution in [0.5, 0.6) is 0 Å². The highest BCUT2D eigenvalue weighted by Crippen LogP contribution is 2.22. The van der Waals surface area contributed by atoms with Crippen molar-refractivity contribution in [3.63, 3.8) is 0 Å². The van der Waals surface area contributed by atoms with Crippen molar-refractivity contribution in [2.45, 2.75) is 31.2 Å². The van der Waals surface area contributed by atoms with Gasteiger partial charge in [-0.25, -0.2) is 17.2 Å². The molecule has 1 N–H and O–H groups in total. The maximum Gasteiger partial charge on any atom is 0.252 e. The Hall–Kier alpha value is -1.05. The first-order chi connectivity index (χ1) is 9.32. The van der Waals surface area contributed by atoms with Crippen LogP contribution in [0.2, 0.25) is 0 Å². The third-order valence-electron chi connectivity index (χ3n) is 2.98. The lowest BCUT2D eigenvalue weighted by Gasteiger charge is -2.19. The summed E-state index contributed by atoms with van der Waals surface area (Å²) in [6.07, 6.45) is -2.17. The Morgan fingerprint density at radius 2 is 2.00 bits per heavy atom. The molecule has 0 radical (unpaired) electrons. The second-order valence-electron chi connectivity index (χ2n) is 4.50. The molecule has 0 aliphatic carbocycles. The first-order valence-corrected chi connectivity index (χ1v) is 7.77. The van der Waals surface area contributed by atoms with Gasteiger partial charge in [0.05, 0.1) is 11.4 Å². The van der Waals surface area contributed by atoms with Crippen LogP contribution in [0.1, 0.15) is 18.1 Å². The topological polar surface area (TPSA) is 49.4 Å². The fourth-order valence-electron chi connectivity index (χ4n) is 1.91. The Morgan fingerprint density at radius 1 is 1.35 bits per heavy atom. The molecular weight excluding hydrogens is 286 g/mol. The van der Waals surface area contributed by atoms with Crippen LogP contribution in [0.25, 0.3) is 0 Å². The molecule has 0 heterocycles. The van der Waals surface area contributed by atoms with E-state index in [1.807, 2.05) is 13.0 Å². The first kappa shape index (κ1) is 17.0. The molecule has 7 heteroatoms. The maximum absolute atomic E-state index is 12.4. The molecule has 0 bridgehead atoms. The second-order valence-corrected chi connectivity index (χ2v) is 6.52. The highest BCUT2D eigenvalue weighted by atomic mass is 32.2. The van der Waals surface area contributed by atoms with Gasteiger partial charge in [0, 0.05) is 13.6 Å². The van der Waals surface area contributed by atoms with Gasteiger partial charge in [0.1, 0.15) is 0 Å². The molecule has 0 fully saturated rings. The van der Waals surface area contributed by atoms with Gasteiger partial charge in [-0.05, 0) is 30.7 Å². The fraction of sp³-hybridized carbons (Fsp3) is 0.538. The van der Waals surface area contributed by atoms with E-state index < -0.39 is 23.0 Å². The number of nitrogens with one attached hydrogen (secondary N) is 1. The van der Waals surface area contributed by atoms with E-state index in [1.165, 1.54) is 7.05 Å². The Bertz CT molecular complexity index is 547. The third kappa shape index (κ3) is 3.97. The smallest absolute Gasteiger partial charge is 0.252 e. The summed E-state index contributed by atoms with van der Waals surface area (Å²) in [5.41, 5.74) is 1.43.